The quantitative estimate of drug-likeness (QED) is 0.519. The van der Waals surface area contributed by atoms with E-state index in [4.69, 9.17) is 16.9 Å². The van der Waals surface area contributed by atoms with Crippen LogP contribution in [0, 0.1) is 24.2 Å². The lowest BCUT2D eigenvalue weighted by Crippen LogP contribution is -2.37. The molecule has 8 nitrogen and oxygen atoms in total. The third-order valence-electron chi connectivity index (χ3n) is 5.39. The zero-order valence-corrected chi connectivity index (χ0v) is 17.2. The van der Waals surface area contributed by atoms with Crippen LogP contribution in [0.2, 0.25) is 0 Å². The van der Waals surface area contributed by atoms with E-state index in [-0.39, 0.29) is 40.5 Å². The molecular formula is C20H18F2N6O2S. The first-order valence-electron chi connectivity index (χ1n) is 9.27. The molecule has 1 aliphatic heterocycles. The third kappa shape index (κ3) is 3.79. The number of pyridine rings is 1. The van der Waals surface area contributed by atoms with Crippen LogP contribution >= 0.6 is 11.8 Å². The number of nitrogens with one attached hydrogen (secondary N) is 1. The maximum Gasteiger partial charge on any atom is 0.275 e. The topological polar surface area (TPSA) is 115 Å². The summed E-state index contributed by atoms with van der Waals surface area (Å²) in [5.74, 6) is 0.916. The Morgan fingerprint density at radius 1 is 1.42 bits per heavy atom. The first-order valence-corrected chi connectivity index (χ1v) is 10.1. The number of carbonyl (C=O) groups is 1. The fourth-order valence-corrected chi connectivity index (χ4v) is 5.09. The highest BCUT2D eigenvalue weighted by molar-refractivity contribution is 8.15. The van der Waals surface area contributed by atoms with Crippen molar-refractivity contribution in [1.29, 1.82) is 0 Å². The van der Waals surface area contributed by atoms with Crippen molar-refractivity contribution < 1.29 is 18.3 Å². The fourth-order valence-electron chi connectivity index (χ4n) is 3.76. The van der Waals surface area contributed by atoms with Gasteiger partial charge in [-0.3, -0.25) is 9.79 Å². The van der Waals surface area contributed by atoms with Crippen LogP contribution in [0.25, 0.3) is 0 Å². The number of hydrogen-bond acceptors (Lipinski definition) is 8. The van der Waals surface area contributed by atoms with E-state index in [0.29, 0.717) is 6.42 Å². The van der Waals surface area contributed by atoms with Gasteiger partial charge in [-0.2, -0.15) is 4.39 Å². The molecule has 2 aliphatic rings. The van der Waals surface area contributed by atoms with E-state index < -0.39 is 28.8 Å². The van der Waals surface area contributed by atoms with Gasteiger partial charge in [0.25, 0.3) is 5.91 Å². The molecular weight excluding hydrogens is 426 g/mol. The summed E-state index contributed by atoms with van der Waals surface area (Å²) < 4.78 is 32.7. The van der Waals surface area contributed by atoms with Crippen molar-refractivity contribution >= 4 is 28.5 Å². The summed E-state index contributed by atoms with van der Waals surface area (Å²) in [6, 6.07) is 1.44. The fraction of sp³-hybridized carbons (Fsp3) is 0.350. The Hall–Kier alpha value is -3.26. The maximum absolute atomic E-state index is 14.7. The highest BCUT2D eigenvalue weighted by Crippen LogP contribution is 2.66. The molecule has 1 amide bonds. The molecule has 0 spiro atoms. The first-order chi connectivity index (χ1) is 14.8. The summed E-state index contributed by atoms with van der Waals surface area (Å²) >= 11 is 1.19. The normalized spacial score (nSPS) is 26.3. The average Bonchev–Trinajstić information content (AvgIpc) is 3.49. The molecule has 0 radical (unpaired) electrons. The monoisotopic (exact) mass is 444 g/mol. The second-order valence-corrected chi connectivity index (χ2v) is 8.84. The number of halogens is 2. The molecule has 0 unspecified atom stereocenters. The van der Waals surface area contributed by atoms with E-state index in [2.05, 4.69) is 31.2 Å². The summed E-state index contributed by atoms with van der Waals surface area (Å²) in [5.41, 5.74) is 5.21. The van der Waals surface area contributed by atoms with Gasteiger partial charge in [0, 0.05) is 11.5 Å². The molecule has 0 aromatic carbocycles. The number of rotatable bonds is 6. The number of aromatic nitrogens is 3. The number of hydrogen-bond donors (Lipinski definition) is 2. The molecule has 4 rings (SSSR count). The summed E-state index contributed by atoms with van der Waals surface area (Å²) in [7, 11) is 0. The predicted molar refractivity (Wildman–Crippen MR) is 112 cm³/mol. The van der Waals surface area contributed by atoms with Crippen molar-refractivity contribution in [3.05, 3.63) is 41.9 Å². The standard InChI is InChI=1S/C20H18F2N6O2S/c1-3-4-30-15-9-24-13(8-25-15)17(29)27-11-5-12(16(22)26-7-11)19(2)14-6-20(14,10-21)31-18(23)28-19/h1,5,7-9,14H,4,6,10H2,2H3,(H2,23,28)(H,27,29)/t14-,19+,20+/m0/s1. The van der Waals surface area contributed by atoms with Crippen LogP contribution in [-0.2, 0) is 5.54 Å². The molecule has 1 saturated carbocycles. The summed E-state index contributed by atoms with van der Waals surface area (Å²) in [6.45, 7) is 1.15. The van der Waals surface area contributed by atoms with Crippen molar-refractivity contribution in [3.8, 4) is 18.2 Å². The number of amidine groups is 1. The zero-order chi connectivity index (χ0) is 22.2. The second kappa shape index (κ2) is 7.77. The first kappa shape index (κ1) is 21.0. The Balaban J connectivity index is 1.57. The lowest BCUT2D eigenvalue weighted by atomic mass is 9.86. The lowest BCUT2D eigenvalue weighted by molar-refractivity contribution is 0.102. The predicted octanol–water partition coefficient (Wildman–Crippen LogP) is 2.28. The van der Waals surface area contributed by atoms with Gasteiger partial charge in [0.1, 0.15) is 12.4 Å². The van der Waals surface area contributed by atoms with Crippen LogP contribution in [0.1, 0.15) is 29.4 Å². The zero-order valence-electron chi connectivity index (χ0n) is 16.4. The number of carbonyl (C=O) groups excluding carboxylic acids is 1. The molecule has 3 N–H and O–H groups in total. The van der Waals surface area contributed by atoms with Crippen molar-refractivity contribution in [1.82, 2.24) is 15.0 Å². The number of terminal acetylenes is 1. The summed E-state index contributed by atoms with van der Waals surface area (Å²) in [4.78, 5) is 28.6. The van der Waals surface area contributed by atoms with Crippen molar-refractivity contribution in [2.45, 2.75) is 23.6 Å². The van der Waals surface area contributed by atoms with Crippen LogP contribution in [0.15, 0.2) is 29.6 Å². The molecule has 160 valence electrons. The van der Waals surface area contributed by atoms with Gasteiger partial charge in [-0.1, -0.05) is 17.7 Å². The third-order valence-corrected chi connectivity index (χ3v) is 6.65. The van der Waals surface area contributed by atoms with Crippen molar-refractivity contribution in [2.75, 3.05) is 18.6 Å². The van der Waals surface area contributed by atoms with Crippen LogP contribution in [-0.4, -0.2) is 44.1 Å². The SMILES string of the molecule is C#CCOc1cnc(C(=O)Nc2cnc(F)c([C@@]3(C)N=C(N)S[C@@]4(CF)C[C@H]43)c2)cn1. The molecule has 2 aromatic heterocycles. The van der Waals surface area contributed by atoms with Gasteiger partial charge < -0.3 is 15.8 Å². The smallest absolute Gasteiger partial charge is 0.275 e. The minimum Gasteiger partial charge on any atom is -0.463 e. The molecule has 2 aromatic rings. The van der Waals surface area contributed by atoms with E-state index in [0.717, 1.165) is 0 Å². The Labute approximate surface area is 181 Å². The number of amides is 1. The molecule has 3 heterocycles. The van der Waals surface area contributed by atoms with Gasteiger partial charge in [0.2, 0.25) is 11.8 Å². The van der Waals surface area contributed by atoms with Crippen molar-refractivity contribution in [3.63, 3.8) is 0 Å². The Morgan fingerprint density at radius 2 is 2.23 bits per heavy atom. The highest BCUT2D eigenvalue weighted by Gasteiger charge is 2.66. The molecule has 1 fully saturated rings. The minimum absolute atomic E-state index is 0.0140. The van der Waals surface area contributed by atoms with Crippen LogP contribution in [0.3, 0.4) is 0 Å². The van der Waals surface area contributed by atoms with Gasteiger partial charge >= 0.3 is 0 Å². The van der Waals surface area contributed by atoms with E-state index in [1.54, 1.807) is 6.92 Å². The minimum atomic E-state index is -1.09. The van der Waals surface area contributed by atoms with Gasteiger partial charge in [-0.05, 0) is 19.4 Å². The number of aliphatic imine (C=N–C) groups is 1. The van der Waals surface area contributed by atoms with E-state index >= 15 is 0 Å². The molecule has 3 atom stereocenters. The molecule has 11 heteroatoms. The van der Waals surface area contributed by atoms with E-state index in [1.165, 1.54) is 36.4 Å². The molecule has 0 bridgehead atoms. The summed E-state index contributed by atoms with van der Waals surface area (Å²) in [6.07, 6.45) is 9.30. The number of fused-ring (bicyclic) bond motifs is 1. The number of ether oxygens (including phenoxy) is 1. The van der Waals surface area contributed by atoms with E-state index in [9.17, 15) is 13.6 Å². The van der Waals surface area contributed by atoms with Gasteiger partial charge in [-0.15, -0.1) is 6.42 Å². The molecule has 0 saturated heterocycles. The van der Waals surface area contributed by atoms with Crippen molar-refractivity contribution in [2.24, 2.45) is 16.6 Å². The maximum atomic E-state index is 14.7. The summed E-state index contributed by atoms with van der Waals surface area (Å²) in [5, 5.41) is 2.80. The number of nitrogens with two attached hydrogens (primary N) is 1. The average molecular weight is 444 g/mol. The largest absolute Gasteiger partial charge is 0.463 e. The number of thioether (sulfide) groups is 1. The lowest BCUT2D eigenvalue weighted by Gasteiger charge is -2.33. The van der Waals surface area contributed by atoms with E-state index in [1.807, 2.05) is 0 Å². The molecule has 1 aliphatic carbocycles. The Morgan fingerprint density at radius 3 is 2.90 bits per heavy atom. The van der Waals surface area contributed by atoms with Crippen LogP contribution in [0.5, 0.6) is 5.88 Å². The number of anilines is 1. The van der Waals surface area contributed by atoms with Crippen LogP contribution in [0.4, 0.5) is 14.5 Å². The van der Waals surface area contributed by atoms with Crippen LogP contribution < -0.4 is 15.8 Å². The van der Waals surface area contributed by atoms with Gasteiger partial charge in [0.15, 0.2) is 11.8 Å². The second-order valence-electron chi connectivity index (χ2n) is 7.40. The highest BCUT2D eigenvalue weighted by atomic mass is 32.2. The Bertz CT molecular complexity index is 1110. The van der Waals surface area contributed by atoms with Gasteiger partial charge in [-0.25, -0.2) is 19.3 Å². The Kier molecular flexibility index (Phi) is 5.26. The molecule has 31 heavy (non-hydrogen) atoms. The van der Waals surface area contributed by atoms with Gasteiger partial charge in [0.05, 0.1) is 34.6 Å². The number of alkyl halides is 1. The number of nitrogens with zero attached hydrogens (tertiary/aromatic N) is 4.